The maximum absolute atomic E-state index is 12.5. The lowest BCUT2D eigenvalue weighted by atomic mass is 9.83. The van der Waals surface area contributed by atoms with Crippen molar-refractivity contribution >= 4 is 11.9 Å². The van der Waals surface area contributed by atoms with E-state index in [1.54, 1.807) is 25.3 Å². The number of hydrogen-bond acceptors (Lipinski definition) is 6. The van der Waals surface area contributed by atoms with Gasteiger partial charge in [0.2, 0.25) is 0 Å². The molecule has 1 amide bonds. The topological polar surface area (TPSA) is 110 Å². The van der Waals surface area contributed by atoms with Gasteiger partial charge in [-0.1, -0.05) is 25.3 Å². The quantitative estimate of drug-likeness (QED) is 0.797. The van der Waals surface area contributed by atoms with E-state index in [4.69, 9.17) is 4.74 Å². The van der Waals surface area contributed by atoms with Crippen molar-refractivity contribution in [2.45, 2.75) is 57.6 Å². The van der Waals surface area contributed by atoms with Crippen LogP contribution in [0, 0.1) is 18.3 Å². The molecule has 8 nitrogen and oxygen atoms in total. The lowest BCUT2D eigenvalue weighted by Gasteiger charge is -2.32. The molecule has 1 N–H and O–H groups in total. The average Bonchev–Trinajstić information content (AvgIpc) is 3.10. The second kappa shape index (κ2) is 8.21. The molecule has 1 atom stereocenters. The van der Waals surface area contributed by atoms with Crippen LogP contribution < -0.4 is 5.32 Å². The first-order chi connectivity index (χ1) is 13.5. The van der Waals surface area contributed by atoms with Crippen molar-refractivity contribution in [3.8, 4) is 11.9 Å². The van der Waals surface area contributed by atoms with Crippen LogP contribution in [0.15, 0.2) is 30.6 Å². The van der Waals surface area contributed by atoms with E-state index < -0.39 is 23.5 Å². The van der Waals surface area contributed by atoms with Gasteiger partial charge in [0, 0.05) is 6.20 Å². The number of carbonyl (C=O) groups is 2. The Kier molecular flexibility index (Phi) is 5.73. The van der Waals surface area contributed by atoms with E-state index in [1.807, 2.05) is 6.07 Å². The first-order valence-corrected chi connectivity index (χ1v) is 9.36. The average molecular weight is 381 g/mol. The van der Waals surface area contributed by atoms with E-state index in [9.17, 15) is 14.9 Å². The van der Waals surface area contributed by atoms with E-state index in [-0.39, 0.29) is 5.56 Å². The van der Waals surface area contributed by atoms with Gasteiger partial charge in [-0.05, 0) is 38.8 Å². The molecule has 28 heavy (non-hydrogen) atoms. The zero-order valence-corrected chi connectivity index (χ0v) is 16.0. The highest BCUT2D eigenvalue weighted by molar-refractivity contribution is 5.93. The van der Waals surface area contributed by atoms with Crippen LogP contribution in [-0.4, -0.2) is 38.3 Å². The van der Waals surface area contributed by atoms with Crippen molar-refractivity contribution < 1.29 is 14.3 Å². The summed E-state index contributed by atoms with van der Waals surface area (Å²) in [5.41, 5.74) is -0.0365. The zero-order chi connectivity index (χ0) is 20.1. The van der Waals surface area contributed by atoms with Crippen LogP contribution in [0.1, 0.15) is 55.1 Å². The molecular formula is C20H23N5O3. The molecule has 0 bridgehead atoms. The number of rotatable bonds is 5. The molecule has 2 aromatic heterocycles. The molecule has 0 saturated heterocycles. The monoisotopic (exact) mass is 381 g/mol. The van der Waals surface area contributed by atoms with Crippen molar-refractivity contribution in [3.63, 3.8) is 0 Å². The SMILES string of the molecule is Cc1c(C(=O)OC(C)C(=O)NC2(C#N)CCCCC2)cnn1-c1ccccn1. The molecule has 0 spiro atoms. The molecular weight excluding hydrogens is 358 g/mol. The van der Waals surface area contributed by atoms with Crippen LogP contribution in [0.2, 0.25) is 0 Å². The number of nitrogens with zero attached hydrogens (tertiary/aromatic N) is 4. The normalized spacial score (nSPS) is 16.6. The summed E-state index contributed by atoms with van der Waals surface area (Å²) in [7, 11) is 0. The van der Waals surface area contributed by atoms with Crippen LogP contribution in [0.5, 0.6) is 0 Å². The van der Waals surface area contributed by atoms with Crippen LogP contribution in [0.4, 0.5) is 0 Å². The maximum atomic E-state index is 12.5. The highest BCUT2D eigenvalue weighted by atomic mass is 16.5. The van der Waals surface area contributed by atoms with Crippen LogP contribution in [0.25, 0.3) is 5.82 Å². The van der Waals surface area contributed by atoms with Crippen LogP contribution in [-0.2, 0) is 9.53 Å². The van der Waals surface area contributed by atoms with E-state index >= 15 is 0 Å². The number of hydrogen-bond donors (Lipinski definition) is 1. The molecule has 0 radical (unpaired) electrons. The van der Waals surface area contributed by atoms with E-state index in [0.29, 0.717) is 24.4 Å². The number of pyridine rings is 1. The molecule has 0 aliphatic heterocycles. The molecule has 1 unspecified atom stereocenters. The Labute approximate surface area is 163 Å². The number of nitrogens with one attached hydrogen (secondary N) is 1. The van der Waals surface area contributed by atoms with E-state index in [0.717, 1.165) is 19.3 Å². The lowest BCUT2D eigenvalue weighted by Crippen LogP contribution is -2.52. The summed E-state index contributed by atoms with van der Waals surface area (Å²) in [6, 6.07) is 7.61. The molecule has 1 fully saturated rings. The predicted molar refractivity (Wildman–Crippen MR) is 101 cm³/mol. The Bertz CT molecular complexity index is 894. The zero-order valence-electron chi connectivity index (χ0n) is 16.0. The summed E-state index contributed by atoms with van der Waals surface area (Å²) in [5.74, 6) is -0.526. The Morgan fingerprint density at radius 1 is 1.32 bits per heavy atom. The largest absolute Gasteiger partial charge is 0.449 e. The summed E-state index contributed by atoms with van der Waals surface area (Å²) >= 11 is 0. The van der Waals surface area contributed by atoms with Crippen LogP contribution >= 0.6 is 0 Å². The fourth-order valence-corrected chi connectivity index (χ4v) is 3.36. The van der Waals surface area contributed by atoms with Gasteiger partial charge in [0.05, 0.1) is 18.0 Å². The van der Waals surface area contributed by atoms with Gasteiger partial charge in [-0.25, -0.2) is 14.5 Å². The fourth-order valence-electron chi connectivity index (χ4n) is 3.36. The van der Waals surface area contributed by atoms with Crippen molar-refractivity contribution in [1.82, 2.24) is 20.1 Å². The second-order valence-corrected chi connectivity index (χ2v) is 7.03. The Morgan fingerprint density at radius 2 is 2.07 bits per heavy atom. The highest BCUT2D eigenvalue weighted by Gasteiger charge is 2.35. The number of aromatic nitrogens is 3. The van der Waals surface area contributed by atoms with Gasteiger partial charge in [0.25, 0.3) is 5.91 Å². The third kappa shape index (κ3) is 4.03. The summed E-state index contributed by atoms with van der Waals surface area (Å²) in [4.78, 5) is 29.2. The summed E-state index contributed by atoms with van der Waals surface area (Å²) in [5, 5.41) is 16.5. The molecule has 1 aliphatic rings. The molecule has 146 valence electrons. The first kappa shape index (κ1) is 19.5. The highest BCUT2D eigenvalue weighted by Crippen LogP contribution is 2.27. The second-order valence-electron chi connectivity index (χ2n) is 7.03. The lowest BCUT2D eigenvalue weighted by molar-refractivity contribution is -0.130. The van der Waals surface area contributed by atoms with E-state index in [2.05, 4.69) is 21.5 Å². The number of carbonyl (C=O) groups excluding carboxylic acids is 2. The smallest absolute Gasteiger partial charge is 0.342 e. The van der Waals surface area contributed by atoms with Gasteiger partial charge in [-0.15, -0.1) is 0 Å². The fraction of sp³-hybridized carbons (Fsp3) is 0.450. The Balaban J connectivity index is 1.67. The molecule has 0 aromatic carbocycles. The van der Waals surface area contributed by atoms with Gasteiger partial charge < -0.3 is 10.1 Å². The van der Waals surface area contributed by atoms with Crippen molar-refractivity contribution in [2.75, 3.05) is 0 Å². The maximum Gasteiger partial charge on any atom is 0.342 e. The first-order valence-electron chi connectivity index (χ1n) is 9.36. The van der Waals surface area contributed by atoms with Gasteiger partial charge in [-0.3, -0.25) is 4.79 Å². The molecule has 1 saturated carbocycles. The molecule has 2 heterocycles. The third-order valence-corrected chi connectivity index (χ3v) is 5.03. The minimum absolute atomic E-state index is 0.262. The Morgan fingerprint density at radius 3 is 2.71 bits per heavy atom. The van der Waals surface area contributed by atoms with Gasteiger partial charge in [0.15, 0.2) is 11.9 Å². The van der Waals surface area contributed by atoms with E-state index in [1.165, 1.54) is 17.8 Å². The minimum atomic E-state index is -1.02. The molecule has 3 rings (SSSR count). The van der Waals surface area contributed by atoms with Crippen molar-refractivity contribution in [3.05, 3.63) is 41.9 Å². The minimum Gasteiger partial charge on any atom is -0.449 e. The molecule has 1 aliphatic carbocycles. The van der Waals surface area contributed by atoms with Gasteiger partial charge in [0.1, 0.15) is 11.1 Å². The third-order valence-electron chi connectivity index (χ3n) is 5.03. The standard InChI is InChI=1S/C20H23N5O3/c1-14-16(12-23-25(14)17-8-4-7-11-22-17)19(27)28-15(2)18(26)24-20(13-21)9-5-3-6-10-20/h4,7-8,11-12,15H,3,5-6,9-10H2,1-2H3,(H,24,26). The summed E-state index contributed by atoms with van der Waals surface area (Å²) in [6.45, 7) is 3.23. The number of nitriles is 1. The number of ether oxygens (including phenoxy) is 1. The Hall–Kier alpha value is -3.21. The molecule has 8 heteroatoms. The number of esters is 1. The predicted octanol–water partition coefficient (Wildman–Crippen LogP) is 2.46. The van der Waals surface area contributed by atoms with Crippen molar-refractivity contribution in [1.29, 1.82) is 5.26 Å². The molecule has 2 aromatic rings. The summed E-state index contributed by atoms with van der Waals surface area (Å²) < 4.78 is 6.86. The van der Waals surface area contributed by atoms with Crippen molar-refractivity contribution in [2.24, 2.45) is 0 Å². The van der Waals surface area contributed by atoms with Crippen LogP contribution in [0.3, 0.4) is 0 Å². The summed E-state index contributed by atoms with van der Waals surface area (Å²) in [6.07, 6.45) is 6.10. The van der Waals surface area contributed by atoms with Gasteiger partial charge in [-0.2, -0.15) is 10.4 Å². The van der Waals surface area contributed by atoms with Gasteiger partial charge >= 0.3 is 5.97 Å². The number of amides is 1.